The molecule has 0 fully saturated rings. The lowest BCUT2D eigenvalue weighted by Crippen LogP contribution is -2.28. The van der Waals surface area contributed by atoms with E-state index in [0.717, 1.165) is 16.3 Å². The molecule has 2 aromatic rings. The Morgan fingerprint density at radius 3 is 2.89 bits per heavy atom. The van der Waals surface area contributed by atoms with E-state index in [1.165, 1.54) is 0 Å². The van der Waals surface area contributed by atoms with Crippen molar-refractivity contribution in [3.05, 3.63) is 35.0 Å². The van der Waals surface area contributed by atoms with Gasteiger partial charge in [0.25, 0.3) is 0 Å². The predicted molar refractivity (Wildman–Crippen MR) is 75.4 cm³/mol. The quantitative estimate of drug-likeness (QED) is 0.808. The third kappa shape index (κ3) is 2.94. The molecular weight excluding hydrogens is 266 g/mol. The first kappa shape index (κ1) is 13.6. The molecule has 5 nitrogen and oxygen atoms in total. The number of nitrogens with zero attached hydrogens (tertiary/aromatic N) is 1. The minimum absolute atomic E-state index is 0.0849. The van der Waals surface area contributed by atoms with Crippen LogP contribution in [0, 0.1) is 0 Å². The van der Waals surface area contributed by atoms with Gasteiger partial charge in [-0.05, 0) is 24.6 Å². The fourth-order valence-electron chi connectivity index (χ4n) is 1.79. The smallest absolute Gasteiger partial charge is 0.320 e. The fraction of sp³-hybridized carbons (Fsp3) is 0.231. The molecule has 1 aromatic heterocycles. The Labute approximate surface area is 115 Å². The Kier molecular flexibility index (Phi) is 4.19. The van der Waals surface area contributed by atoms with Gasteiger partial charge < -0.3 is 10.4 Å². The van der Waals surface area contributed by atoms with Crippen LogP contribution in [-0.4, -0.2) is 22.7 Å². The molecule has 0 aliphatic rings. The maximum Gasteiger partial charge on any atom is 0.320 e. The summed E-state index contributed by atoms with van der Waals surface area (Å²) in [4.78, 5) is 15.6. The average Bonchev–Trinajstić information content (AvgIpc) is 2.40. The minimum Gasteiger partial charge on any atom is -0.392 e. The number of benzene rings is 1. The third-order valence-corrected chi connectivity index (χ3v) is 3.02. The zero-order chi connectivity index (χ0) is 13.8. The molecule has 3 N–H and O–H groups in total. The lowest BCUT2D eigenvalue weighted by molar-refractivity contribution is 0.252. The molecule has 100 valence electrons. The molecule has 2 amide bonds. The molecule has 6 heteroatoms. The average molecular weight is 280 g/mol. The van der Waals surface area contributed by atoms with E-state index in [0.29, 0.717) is 17.4 Å². The van der Waals surface area contributed by atoms with Gasteiger partial charge in [-0.1, -0.05) is 17.7 Å². The number of urea groups is 1. The van der Waals surface area contributed by atoms with Gasteiger partial charge in [0.1, 0.15) is 5.82 Å². The Morgan fingerprint density at radius 1 is 1.42 bits per heavy atom. The van der Waals surface area contributed by atoms with Crippen LogP contribution in [0.4, 0.5) is 10.6 Å². The van der Waals surface area contributed by atoms with Gasteiger partial charge in [-0.15, -0.1) is 0 Å². The SMILES string of the molecule is CCNC(=O)Nc1cc2c(Cl)ccc(CO)c2cn1. The molecule has 0 aliphatic heterocycles. The molecule has 0 saturated heterocycles. The monoisotopic (exact) mass is 279 g/mol. The van der Waals surface area contributed by atoms with Gasteiger partial charge in [0, 0.05) is 28.5 Å². The zero-order valence-corrected chi connectivity index (χ0v) is 11.2. The molecule has 0 radical (unpaired) electrons. The summed E-state index contributed by atoms with van der Waals surface area (Å²) >= 11 is 6.12. The van der Waals surface area contributed by atoms with Crippen LogP contribution < -0.4 is 10.6 Å². The molecule has 1 heterocycles. The molecule has 0 saturated carbocycles. The van der Waals surface area contributed by atoms with E-state index in [4.69, 9.17) is 11.6 Å². The standard InChI is InChI=1S/C13H14ClN3O2/c1-2-15-13(19)17-12-5-9-10(6-16-12)8(7-18)3-4-11(9)14/h3-6,18H,2,7H2,1H3,(H2,15,16,17,19). The normalized spacial score (nSPS) is 10.5. The van der Waals surface area contributed by atoms with Crippen LogP contribution in [0.1, 0.15) is 12.5 Å². The molecule has 0 spiro atoms. The maximum absolute atomic E-state index is 11.4. The second kappa shape index (κ2) is 5.86. The first-order valence-electron chi connectivity index (χ1n) is 5.88. The van der Waals surface area contributed by atoms with Crippen LogP contribution >= 0.6 is 11.6 Å². The predicted octanol–water partition coefficient (Wildman–Crippen LogP) is 2.52. The highest BCUT2D eigenvalue weighted by Crippen LogP contribution is 2.27. The van der Waals surface area contributed by atoms with Crippen LogP contribution in [0.2, 0.25) is 5.02 Å². The van der Waals surface area contributed by atoms with E-state index in [9.17, 15) is 9.90 Å². The van der Waals surface area contributed by atoms with E-state index in [2.05, 4.69) is 15.6 Å². The summed E-state index contributed by atoms with van der Waals surface area (Å²) in [7, 11) is 0. The highest BCUT2D eigenvalue weighted by molar-refractivity contribution is 6.35. The topological polar surface area (TPSA) is 74.2 Å². The molecule has 2 rings (SSSR count). The summed E-state index contributed by atoms with van der Waals surface area (Å²) in [5, 5.41) is 16.6. The third-order valence-electron chi connectivity index (χ3n) is 2.69. The van der Waals surface area contributed by atoms with E-state index >= 15 is 0 Å². The number of aliphatic hydroxyl groups is 1. The largest absolute Gasteiger partial charge is 0.392 e. The number of halogens is 1. The highest BCUT2D eigenvalue weighted by Gasteiger charge is 2.08. The fourth-order valence-corrected chi connectivity index (χ4v) is 2.01. The van der Waals surface area contributed by atoms with Crippen LogP contribution in [0.15, 0.2) is 24.4 Å². The van der Waals surface area contributed by atoms with Crippen molar-refractivity contribution >= 4 is 34.2 Å². The number of aromatic nitrogens is 1. The molecule has 0 bridgehead atoms. The van der Waals surface area contributed by atoms with E-state index in [1.54, 1.807) is 24.4 Å². The van der Waals surface area contributed by atoms with Crippen molar-refractivity contribution in [3.63, 3.8) is 0 Å². The number of fused-ring (bicyclic) bond motifs is 1. The minimum atomic E-state index is -0.316. The second-order valence-corrected chi connectivity index (χ2v) is 4.37. The van der Waals surface area contributed by atoms with Crippen molar-refractivity contribution in [3.8, 4) is 0 Å². The molecule has 0 aliphatic carbocycles. The van der Waals surface area contributed by atoms with Crippen molar-refractivity contribution < 1.29 is 9.90 Å². The number of hydrogen-bond donors (Lipinski definition) is 3. The summed E-state index contributed by atoms with van der Waals surface area (Å²) in [5.74, 6) is 0.412. The van der Waals surface area contributed by atoms with Crippen LogP contribution in [0.5, 0.6) is 0 Å². The lowest BCUT2D eigenvalue weighted by Gasteiger charge is -2.09. The van der Waals surface area contributed by atoms with Crippen molar-refractivity contribution in [1.82, 2.24) is 10.3 Å². The van der Waals surface area contributed by atoms with Crippen LogP contribution in [0.25, 0.3) is 10.8 Å². The number of anilines is 1. The second-order valence-electron chi connectivity index (χ2n) is 3.96. The Hall–Kier alpha value is -1.85. The van der Waals surface area contributed by atoms with Gasteiger partial charge >= 0.3 is 6.03 Å². The van der Waals surface area contributed by atoms with Gasteiger partial charge in [0.15, 0.2) is 0 Å². The number of carbonyl (C=O) groups excluding carboxylic acids is 1. The van der Waals surface area contributed by atoms with Gasteiger partial charge in [0.2, 0.25) is 0 Å². The highest BCUT2D eigenvalue weighted by atomic mass is 35.5. The molecule has 19 heavy (non-hydrogen) atoms. The van der Waals surface area contributed by atoms with Gasteiger partial charge in [-0.3, -0.25) is 5.32 Å². The summed E-state index contributed by atoms with van der Waals surface area (Å²) in [6.45, 7) is 2.28. The maximum atomic E-state index is 11.4. The summed E-state index contributed by atoms with van der Waals surface area (Å²) < 4.78 is 0. The molecular formula is C13H14ClN3O2. The molecule has 0 unspecified atom stereocenters. The number of hydrogen-bond acceptors (Lipinski definition) is 3. The van der Waals surface area contributed by atoms with Crippen molar-refractivity contribution in [1.29, 1.82) is 0 Å². The first-order chi connectivity index (χ1) is 9.15. The summed E-state index contributed by atoms with van der Waals surface area (Å²) in [6, 6.07) is 4.84. The number of pyridine rings is 1. The number of amides is 2. The Balaban J connectivity index is 2.40. The van der Waals surface area contributed by atoms with E-state index in [1.807, 2.05) is 6.92 Å². The number of carbonyl (C=O) groups is 1. The van der Waals surface area contributed by atoms with Gasteiger partial charge in [0.05, 0.1) is 6.61 Å². The number of rotatable bonds is 3. The first-order valence-corrected chi connectivity index (χ1v) is 6.26. The summed E-state index contributed by atoms with van der Waals surface area (Å²) in [6.07, 6.45) is 1.59. The summed E-state index contributed by atoms with van der Waals surface area (Å²) in [5.41, 5.74) is 0.747. The lowest BCUT2D eigenvalue weighted by atomic mass is 10.1. The van der Waals surface area contributed by atoms with Crippen molar-refractivity contribution in [2.75, 3.05) is 11.9 Å². The van der Waals surface area contributed by atoms with Crippen LogP contribution in [-0.2, 0) is 6.61 Å². The Bertz CT molecular complexity index is 616. The van der Waals surface area contributed by atoms with Crippen molar-refractivity contribution in [2.45, 2.75) is 13.5 Å². The zero-order valence-electron chi connectivity index (χ0n) is 10.4. The number of aliphatic hydroxyl groups excluding tert-OH is 1. The van der Waals surface area contributed by atoms with Gasteiger partial charge in [-0.2, -0.15) is 0 Å². The molecule has 1 aromatic carbocycles. The van der Waals surface area contributed by atoms with E-state index < -0.39 is 0 Å². The Morgan fingerprint density at radius 2 is 2.21 bits per heavy atom. The van der Waals surface area contributed by atoms with E-state index in [-0.39, 0.29) is 12.6 Å². The van der Waals surface area contributed by atoms with Crippen molar-refractivity contribution in [2.24, 2.45) is 0 Å². The van der Waals surface area contributed by atoms with Crippen LogP contribution in [0.3, 0.4) is 0 Å². The number of nitrogens with one attached hydrogen (secondary N) is 2. The van der Waals surface area contributed by atoms with Gasteiger partial charge in [-0.25, -0.2) is 9.78 Å². The molecule has 0 atom stereocenters.